The summed E-state index contributed by atoms with van der Waals surface area (Å²) < 4.78 is 0. The van der Waals surface area contributed by atoms with E-state index in [0.29, 0.717) is 17.9 Å². The summed E-state index contributed by atoms with van der Waals surface area (Å²) in [5, 5.41) is 8.86. The summed E-state index contributed by atoms with van der Waals surface area (Å²) >= 11 is 5.47. The van der Waals surface area contributed by atoms with Crippen molar-refractivity contribution in [3.63, 3.8) is 0 Å². The van der Waals surface area contributed by atoms with Gasteiger partial charge in [0.25, 0.3) is 0 Å². The smallest absolute Gasteiger partial charge is 0.355 e. The van der Waals surface area contributed by atoms with Gasteiger partial charge in [-0.25, -0.2) is 9.78 Å². The van der Waals surface area contributed by atoms with Crippen LogP contribution in [0.15, 0.2) is 12.3 Å². The normalized spacial score (nSPS) is 9.20. The van der Waals surface area contributed by atoms with E-state index in [1.807, 2.05) is 6.92 Å². The highest BCUT2D eigenvalue weighted by molar-refractivity contribution is 6.18. The molecule has 1 rings (SSSR count). The number of aromatic carboxylic acids is 1. The molecule has 1 heterocycles. The lowest BCUT2D eigenvalue weighted by atomic mass is 10.1. The summed E-state index contributed by atoms with van der Waals surface area (Å²) in [7, 11) is 0. The first-order valence-electron chi connectivity index (χ1n) is 4.40. The number of hydrogen-bond acceptors (Lipinski definition) is 2. The van der Waals surface area contributed by atoms with Gasteiger partial charge in [-0.2, -0.15) is 0 Å². The quantitative estimate of drug-likeness (QED) is 0.617. The van der Waals surface area contributed by atoms with Gasteiger partial charge in [-0.05, 0) is 18.6 Å². The number of carbonyl (C=O) groups is 1. The lowest BCUT2D eigenvalue weighted by molar-refractivity contribution is 0.0690. The van der Waals surface area contributed by atoms with E-state index in [2.05, 4.69) is 16.8 Å². The Balaban J connectivity index is 3.09. The SMILES string of the molecule is Cc1cnc(C(=O)O)c(C#CCCCl)c1. The molecule has 0 aliphatic rings. The molecule has 0 aliphatic carbocycles. The minimum absolute atomic E-state index is 0.0114. The molecule has 0 unspecified atom stereocenters. The van der Waals surface area contributed by atoms with E-state index in [1.54, 1.807) is 6.07 Å². The van der Waals surface area contributed by atoms with Crippen molar-refractivity contribution in [2.75, 3.05) is 5.88 Å². The predicted octanol–water partition coefficient (Wildman–Crippen LogP) is 2.07. The van der Waals surface area contributed by atoms with E-state index >= 15 is 0 Å². The number of hydrogen-bond donors (Lipinski definition) is 1. The van der Waals surface area contributed by atoms with Crippen LogP contribution < -0.4 is 0 Å². The Kier molecular flexibility index (Phi) is 4.14. The maximum atomic E-state index is 10.8. The topological polar surface area (TPSA) is 50.2 Å². The maximum Gasteiger partial charge on any atom is 0.355 e. The fourth-order valence-corrected chi connectivity index (χ4v) is 1.13. The van der Waals surface area contributed by atoms with Crippen molar-refractivity contribution in [3.8, 4) is 11.8 Å². The minimum atomic E-state index is -1.06. The molecule has 3 nitrogen and oxygen atoms in total. The molecule has 0 saturated heterocycles. The first kappa shape index (κ1) is 11.5. The number of rotatable bonds is 2. The summed E-state index contributed by atoms with van der Waals surface area (Å²) in [5.74, 6) is 4.92. The molecule has 0 amide bonds. The molecular weight excluding hydrogens is 214 g/mol. The van der Waals surface area contributed by atoms with Crippen LogP contribution in [-0.2, 0) is 0 Å². The summed E-state index contributed by atoms with van der Waals surface area (Å²) in [6.45, 7) is 1.84. The average molecular weight is 224 g/mol. The van der Waals surface area contributed by atoms with Crippen LogP contribution in [0, 0.1) is 18.8 Å². The van der Waals surface area contributed by atoms with Crippen molar-refractivity contribution < 1.29 is 9.90 Å². The van der Waals surface area contributed by atoms with Gasteiger partial charge in [0.05, 0.1) is 5.56 Å². The first-order chi connectivity index (χ1) is 7.15. The fraction of sp³-hybridized carbons (Fsp3) is 0.273. The van der Waals surface area contributed by atoms with Crippen LogP contribution in [-0.4, -0.2) is 21.9 Å². The summed E-state index contributed by atoms with van der Waals surface area (Å²) in [6.07, 6.45) is 2.05. The summed E-state index contributed by atoms with van der Waals surface area (Å²) in [5.41, 5.74) is 1.31. The minimum Gasteiger partial charge on any atom is -0.476 e. The molecule has 15 heavy (non-hydrogen) atoms. The van der Waals surface area contributed by atoms with Crippen LogP contribution in [0.4, 0.5) is 0 Å². The van der Waals surface area contributed by atoms with E-state index in [1.165, 1.54) is 6.20 Å². The highest BCUT2D eigenvalue weighted by Crippen LogP contribution is 2.07. The second-order valence-corrected chi connectivity index (χ2v) is 3.33. The van der Waals surface area contributed by atoms with Crippen LogP contribution in [0.2, 0.25) is 0 Å². The average Bonchev–Trinajstić information content (AvgIpc) is 2.18. The Morgan fingerprint density at radius 3 is 3.00 bits per heavy atom. The fourth-order valence-electron chi connectivity index (χ4n) is 1.04. The number of nitrogens with zero attached hydrogens (tertiary/aromatic N) is 1. The number of alkyl halides is 1. The van der Waals surface area contributed by atoms with E-state index < -0.39 is 5.97 Å². The third-order valence-corrected chi connectivity index (χ3v) is 1.86. The monoisotopic (exact) mass is 223 g/mol. The highest BCUT2D eigenvalue weighted by Gasteiger charge is 2.09. The number of carboxylic acids is 1. The number of aryl methyl sites for hydroxylation is 1. The number of pyridine rings is 1. The molecule has 1 aromatic rings. The molecule has 0 spiro atoms. The molecule has 0 fully saturated rings. The van der Waals surface area contributed by atoms with Gasteiger partial charge < -0.3 is 5.11 Å². The van der Waals surface area contributed by atoms with E-state index in [-0.39, 0.29) is 5.69 Å². The Morgan fingerprint density at radius 1 is 1.67 bits per heavy atom. The zero-order valence-electron chi connectivity index (χ0n) is 8.25. The van der Waals surface area contributed by atoms with Crippen LogP contribution in [0.25, 0.3) is 0 Å². The molecule has 0 radical (unpaired) electrons. The van der Waals surface area contributed by atoms with Gasteiger partial charge in [-0.1, -0.05) is 11.8 Å². The van der Waals surface area contributed by atoms with Crippen molar-refractivity contribution in [2.24, 2.45) is 0 Å². The van der Waals surface area contributed by atoms with Crippen molar-refractivity contribution in [3.05, 3.63) is 29.1 Å². The Morgan fingerprint density at radius 2 is 2.40 bits per heavy atom. The zero-order chi connectivity index (χ0) is 11.3. The van der Waals surface area contributed by atoms with Crippen molar-refractivity contribution in [1.29, 1.82) is 0 Å². The molecule has 1 N–H and O–H groups in total. The largest absolute Gasteiger partial charge is 0.476 e. The van der Waals surface area contributed by atoms with Gasteiger partial charge in [0.1, 0.15) is 0 Å². The Hall–Kier alpha value is -1.53. The third kappa shape index (κ3) is 3.26. The molecular formula is C11H10ClNO2. The lowest BCUT2D eigenvalue weighted by Crippen LogP contribution is -2.03. The van der Waals surface area contributed by atoms with Crippen LogP contribution >= 0.6 is 11.6 Å². The van der Waals surface area contributed by atoms with Crippen molar-refractivity contribution in [1.82, 2.24) is 4.98 Å². The van der Waals surface area contributed by atoms with Crippen LogP contribution in [0.5, 0.6) is 0 Å². The molecule has 0 aromatic carbocycles. The van der Waals surface area contributed by atoms with Gasteiger partial charge in [0.2, 0.25) is 0 Å². The van der Waals surface area contributed by atoms with Crippen molar-refractivity contribution >= 4 is 17.6 Å². The van der Waals surface area contributed by atoms with Crippen LogP contribution in [0.3, 0.4) is 0 Å². The third-order valence-electron chi connectivity index (χ3n) is 1.67. The van der Waals surface area contributed by atoms with Gasteiger partial charge in [0.15, 0.2) is 5.69 Å². The maximum absolute atomic E-state index is 10.8. The predicted molar refractivity (Wildman–Crippen MR) is 58.1 cm³/mol. The van der Waals surface area contributed by atoms with Crippen molar-refractivity contribution in [2.45, 2.75) is 13.3 Å². The summed E-state index contributed by atoms with van der Waals surface area (Å²) in [4.78, 5) is 14.6. The number of carboxylic acid groups (broad SMARTS) is 1. The van der Waals surface area contributed by atoms with E-state index in [0.717, 1.165) is 5.56 Å². The van der Waals surface area contributed by atoms with Gasteiger partial charge >= 0.3 is 5.97 Å². The van der Waals surface area contributed by atoms with Crippen LogP contribution in [0.1, 0.15) is 28.0 Å². The lowest BCUT2D eigenvalue weighted by Gasteiger charge is -1.98. The van der Waals surface area contributed by atoms with E-state index in [9.17, 15) is 4.79 Å². The molecule has 0 bridgehead atoms. The Labute approximate surface area is 93.1 Å². The molecule has 1 aromatic heterocycles. The zero-order valence-corrected chi connectivity index (χ0v) is 9.01. The molecule has 4 heteroatoms. The van der Waals surface area contributed by atoms with E-state index in [4.69, 9.17) is 16.7 Å². The molecule has 78 valence electrons. The molecule has 0 saturated carbocycles. The van der Waals surface area contributed by atoms with Gasteiger partial charge in [0, 0.05) is 18.5 Å². The standard InChI is InChI=1S/C11H10ClNO2/c1-8-6-9(4-2-3-5-12)10(11(14)15)13-7-8/h6-7H,3,5H2,1H3,(H,14,15). The second kappa shape index (κ2) is 5.38. The number of aromatic nitrogens is 1. The molecule has 0 atom stereocenters. The summed E-state index contributed by atoms with van der Waals surface area (Å²) in [6, 6.07) is 1.71. The van der Waals surface area contributed by atoms with Gasteiger partial charge in [-0.3, -0.25) is 0 Å². The first-order valence-corrected chi connectivity index (χ1v) is 4.93. The second-order valence-electron chi connectivity index (χ2n) is 2.95. The molecule has 0 aliphatic heterocycles. The van der Waals surface area contributed by atoms with Gasteiger partial charge in [-0.15, -0.1) is 11.6 Å². The highest BCUT2D eigenvalue weighted by atomic mass is 35.5. The number of halogens is 1. The Bertz CT molecular complexity index is 432.